The Morgan fingerprint density at radius 2 is 1.88 bits per heavy atom. The molecular formula is C20H26N2O2. The van der Waals surface area contributed by atoms with Crippen molar-refractivity contribution >= 4 is 16.7 Å². The van der Waals surface area contributed by atoms with Gasteiger partial charge >= 0.3 is 0 Å². The van der Waals surface area contributed by atoms with Crippen LogP contribution in [0.4, 0.5) is 0 Å². The maximum Gasteiger partial charge on any atom is 0.253 e. The summed E-state index contributed by atoms with van der Waals surface area (Å²) in [6, 6.07) is 14.6. The third kappa shape index (κ3) is 3.77. The van der Waals surface area contributed by atoms with Crippen molar-refractivity contribution in [1.82, 2.24) is 9.80 Å². The van der Waals surface area contributed by atoms with Crippen LogP contribution < -0.4 is 0 Å². The first-order valence-corrected chi connectivity index (χ1v) is 8.78. The normalized spacial score (nSPS) is 16.0. The Hall–Kier alpha value is -1.91. The minimum absolute atomic E-state index is 0.136. The molecule has 1 amide bonds. The van der Waals surface area contributed by atoms with Crippen molar-refractivity contribution in [3.63, 3.8) is 0 Å². The zero-order valence-electron chi connectivity index (χ0n) is 14.3. The Kier molecular flexibility index (Phi) is 5.48. The van der Waals surface area contributed by atoms with Crippen molar-refractivity contribution in [2.75, 3.05) is 33.3 Å². The molecule has 1 heterocycles. The van der Waals surface area contributed by atoms with Crippen LogP contribution in [-0.2, 0) is 0 Å². The minimum Gasteiger partial charge on any atom is -0.396 e. The van der Waals surface area contributed by atoms with Crippen LogP contribution in [-0.4, -0.2) is 60.1 Å². The van der Waals surface area contributed by atoms with Gasteiger partial charge in [-0.05, 0) is 49.2 Å². The van der Waals surface area contributed by atoms with E-state index in [0.29, 0.717) is 6.04 Å². The molecular weight excluding hydrogens is 300 g/mol. The molecule has 2 aromatic rings. The molecule has 2 aromatic carbocycles. The van der Waals surface area contributed by atoms with Crippen LogP contribution >= 0.6 is 0 Å². The highest BCUT2D eigenvalue weighted by Gasteiger charge is 2.25. The first kappa shape index (κ1) is 16.9. The second-order valence-corrected chi connectivity index (χ2v) is 6.64. The second-order valence-electron chi connectivity index (χ2n) is 6.64. The highest BCUT2D eigenvalue weighted by Crippen LogP contribution is 2.20. The zero-order chi connectivity index (χ0) is 16.9. The van der Waals surface area contributed by atoms with Gasteiger partial charge in [0.05, 0.1) is 0 Å². The molecule has 0 unspecified atom stereocenters. The van der Waals surface area contributed by atoms with E-state index in [1.54, 1.807) is 0 Å². The summed E-state index contributed by atoms with van der Waals surface area (Å²) in [5.41, 5.74) is 0.779. The number of aliphatic hydroxyl groups is 1. The Labute approximate surface area is 143 Å². The maximum absolute atomic E-state index is 12.8. The Morgan fingerprint density at radius 1 is 1.17 bits per heavy atom. The van der Waals surface area contributed by atoms with E-state index < -0.39 is 0 Å². The summed E-state index contributed by atoms with van der Waals surface area (Å²) in [6.45, 7) is 2.77. The van der Waals surface area contributed by atoms with Gasteiger partial charge in [0.15, 0.2) is 0 Å². The van der Waals surface area contributed by atoms with Gasteiger partial charge < -0.3 is 14.9 Å². The van der Waals surface area contributed by atoms with Gasteiger partial charge in [0, 0.05) is 37.8 Å². The van der Waals surface area contributed by atoms with Gasteiger partial charge in [0.1, 0.15) is 0 Å². The van der Waals surface area contributed by atoms with Crippen molar-refractivity contribution < 1.29 is 9.90 Å². The van der Waals surface area contributed by atoms with Crippen molar-refractivity contribution in [3.8, 4) is 0 Å². The van der Waals surface area contributed by atoms with Crippen LogP contribution in [0.1, 0.15) is 29.6 Å². The summed E-state index contributed by atoms with van der Waals surface area (Å²) >= 11 is 0. The van der Waals surface area contributed by atoms with Crippen molar-refractivity contribution in [1.29, 1.82) is 0 Å². The van der Waals surface area contributed by atoms with E-state index in [-0.39, 0.29) is 12.5 Å². The van der Waals surface area contributed by atoms with Gasteiger partial charge in [-0.3, -0.25) is 4.79 Å². The average molecular weight is 326 g/mol. The molecule has 0 aliphatic carbocycles. The monoisotopic (exact) mass is 326 g/mol. The lowest BCUT2D eigenvalue weighted by molar-refractivity contribution is 0.0641. The predicted molar refractivity (Wildman–Crippen MR) is 97.2 cm³/mol. The van der Waals surface area contributed by atoms with Crippen LogP contribution in [0.2, 0.25) is 0 Å². The van der Waals surface area contributed by atoms with E-state index in [1.165, 1.54) is 5.39 Å². The SMILES string of the molecule is CN(CCCO)C1CCN(C(=O)c2ccc3ccccc3c2)CC1. The molecule has 3 rings (SSSR count). The summed E-state index contributed by atoms with van der Waals surface area (Å²) in [7, 11) is 2.11. The number of benzene rings is 2. The third-order valence-corrected chi connectivity index (χ3v) is 5.04. The van der Waals surface area contributed by atoms with Crippen LogP contribution in [0.25, 0.3) is 10.8 Å². The molecule has 0 atom stereocenters. The van der Waals surface area contributed by atoms with E-state index in [2.05, 4.69) is 24.1 Å². The van der Waals surface area contributed by atoms with Gasteiger partial charge in [0.2, 0.25) is 0 Å². The molecule has 1 aliphatic heterocycles. The van der Waals surface area contributed by atoms with Gasteiger partial charge in [-0.15, -0.1) is 0 Å². The lowest BCUT2D eigenvalue weighted by atomic mass is 10.0. The maximum atomic E-state index is 12.8. The average Bonchev–Trinajstić information content (AvgIpc) is 2.65. The van der Waals surface area contributed by atoms with Gasteiger partial charge in [-0.1, -0.05) is 30.3 Å². The zero-order valence-corrected chi connectivity index (χ0v) is 14.3. The molecule has 1 N–H and O–H groups in total. The molecule has 1 saturated heterocycles. The molecule has 0 spiro atoms. The Balaban J connectivity index is 1.62. The number of hydrogen-bond acceptors (Lipinski definition) is 3. The highest BCUT2D eigenvalue weighted by atomic mass is 16.3. The molecule has 4 heteroatoms. The highest BCUT2D eigenvalue weighted by molar-refractivity contribution is 5.98. The molecule has 1 aliphatic rings. The third-order valence-electron chi connectivity index (χ3n) is 5.04. The molecule has 0 radical (unpaired) electrons. The smallest absolute Gasteiger partial charge is 0.253 e. The number of hydrogen-bond donors (Lipinski definition) is 1. The summed E-state index contributed by atoms with van der Waals surface area (Å²) in [6.07, 6.45) is 2.81. The number of carbonyl (C=O) groups is 1. The molecule has 24 heavy (non-hydrogen) atoms. The van der Waals surface area contributed by atoms with E-state index in [9.17, 15) is 4.79 Å². The number of nitrogens with zero attached hydrogens (tertiary/aromatic N) is 2. The fraction of sp³-hybridized carbons (Fsp3) is 0.450. The number of likely N-dealkylation sites (tertiary alicyclic amines) is 1. The summed E-state index contributed by atoms with van der Waals surface area (Å²) < 4.78 is 0. The lowest BCUT2D eigenvalue weighted by Crippen LogP contribution is -2.45. The number of carbonyl (C=O) groups excluding carboxylic acids is 1. The first-order chi connectivity index (χ1) is 11.7. The van der Waals surface area contributed by atoms with E-state index in [4.69, 9.17) is 5.11 Å². The van der Waals surface area contributed by atoms with Crippen molar-refractivity contribution in [3.05, 3.63) is 48.0 Å². The van der Waals surface area contributed by atoms with Gasteiger partial charge in [-0.2, -0.15) is 0 Å². The fourth-order valence-corrected chi connectivity index (χ4v) is 3.52. The fourth-order valence-electron chi connectivity index (χ4n) is 3.52. The quantitative estimate of drug-likeness (QED) is 0.919. The molecule has 128 valence electrons. The Morgan fingerprint density at radius 3 is 2.58 bits per heavy atom. The Bertz CT molecular complexity index is 693. The van der Waals surface area contributed by atoms with E-state index in [0.717, 1.165) is 49.8 Å². The predicted octanol–water partition coefficient (Wildman–Crippen LogP) is 2.76. The minimum atomic E-state index is 0.136. The number of fused-ring (bicyclic) bond motifs is 1. The summed E-state index contributed by atoms with van der Waals surface area (Å²) in [5.74, 6) is 0.136. The molecule has 0 aromatic heterocycles. The van der Waals surface area contributed by atoms with Crippen molar-refractivity contribution in [2.45, 2.75) is 25.3 Å². The van der Waals surface area contributed by atoms with Crippen LogP contribution in [0.15, 0.2) is 42.5 Å². The van der Waals surface area contributed by atoms with Crippen LogP contribution in [0.3, 0.4) is 0 Å². The van der Waals surface area contributed by atoms with Crippen molar-refractivity contribution in [2.24, 2.45) is 0 Å². The van der Waals surface area contributed by atoms with Gasteiger partial charge in [-0.25, -0.2) is 0 Å². The second kappa shape index (κ2) is 7.77. The standard InChI is InChI=1S/C20H26N2O2/c1-21(11-4-14-23)19-9-12-22(13-10-19)20(24)18-8-7-16-5-2-3-6-17(16)15-18/h2-3,5-8,15,19,23H,4,9-14H2,1H3. The summed E-state index contributed by atoms with van der Waals surface area (Å²) in [5, 5.41) is 11.2. The van der Waals surface area contributed by atoms with E-state index in [1.807, 2.05) is 35.2 Å². The van der Waals surface area contributed by atoms with Gasteiger partial charge in [0.25, 0.3) is 5.91 Å². The van der Waals surface area contributed by atoms with Crippen LogP contribution in [0, 0.1) is 0 Å². The number of rotatable bonds is 5. The first-order valence-electron chi connectivity index (χ1n) is 8.78. The molecule has 4 nitrogen and oxygen atoms in total. The number of piperidine rings is 1. The topological polar surface area (TPSA) is 43.8 Å². The number of amides is 1. The molecule has 0 saturated carbocycles. The number of aliphatic hydroxyl groups excluding tert-OH is 1. The van der Waals surface area contributed by atoms with E-state index >= 15 is 0 Å². The molecule has 1 fully saturated rings. The molecule has 0 bridgehead atoms. The summed E-state index contributed by atoms with van der Waals surface area (Å²) in [4.78, 5) is 17.1. The largest absolute Gasteiger partial charge is 0.396 e. The lowest BCUT2D eigenvalue weighted by Gasteiger charge is -2.36. The van der Waals surface area contributed by atoms with Crippen LogP contribution in [0.5, 0.6) is 0 Å².